The summed E-state index contributed by atoms with van der Waals surface area (Å²) in [5.74, 6) is -0.839. The van der Waals surface area contributed by atoms with Gasteiger partial charge in [-0.15, -0.1) is 0 Å². The number of sulfonamides is 1. The number of anilines is 1. The van der Waals surface area contributed by atoms with Crippen LogP contribution >= 0.6 is 27.5 Å². The number of carbonyl (C=O) groups is 1. The van der Waals surface area contributed by atoms with Gasteiger partial charge in [-0.1, -0.05) is 27.5 Å². The molecule has 8 heteroatoms. The summed E-state index contributed by atoms with van der Waals surface area (Å²) in [4.78, 5) is 11.2. The SMILES string of the molecule is COC(=O)C(C)S(=O)(=O)Nc1cc(Br)ccc1Cl. The number of rotatable bonds is 4. The van der Waals surface area contributed by atoms with Crippen LogP contribution in [0, 0.1) is 0 Å². The highest BCUT2D eigenvalue weighted by atomic mass is 79.9. The Morgan fingerprint density at radius 1 is 1.50 bits per heavy atom. The van der Waals surface area contributed by atoms with Gasteiger partial charge in [-0.25, -0.2) is 8.42 Å². The van der Waals surface area contributed by atoms with Crippen LogP contribution in [0.5, 0.6) is 0 Å². The minimum Gasteiger partial charge on any atom is -0.468 e. The maximum absolute atomic E-state index is 11.9. The van der Waals surface area contributed by atoms with Crippen molar-refractivity contribution in [3.8, 4) is 0 Å². The summed E-state index contributed by atoms with van der Waals surface area (Å²) >= 11 is 9.05. The van der Waals surface area contributed by atoms with Gasteiger partial charge in [0.25, 0.3) is 0 Å². The number of ether oxygens (including phenoxy) is 1. The van der Waals surface area contributed by atoms with Crippen molar-refractivity contribution in [1.29, 1.82) is 0 Å². The maximum Gasteiger partial charge on any atom is 0.325 e. The summed E-state index contributed by atoms with van der Waals surface area (Å²) in [7, 11) is -2.77. The standard InChI is InChI=1S/C10H11BrClNO4S/c1-6(10(14)17-2)18(15,16)13-9-5-7(11)3-4-8(9)12/h3-6,13H,1-2H3. The predicted octanol–water partition coefficient (Wildman–Crippen LogP) is 2.41. The Kier molecular flexibility index (Phi) is 5.01. The second-order valence-electron chi connectivity index (χ2n) is 3.44. The van der Waals surface area contributed by atoms with Gasteiger partial charge < -0.3 is 4.74 Å². The molecule has 0 heterocycles. The van der Waals surface area contributed by atoms with Crippen LogP contribution in [-0.2, 0) is 19.6 Å². The normalized spacial score (nSPS) is 12.9. The number of benzene rings is 1. The summed E-state index contributed by atoms with van der Waals surface area (Å²) in [6, 6.07) is 4.71. The summed E-state index contributed by atoms with van der Waals surface area (Å²) in [5.41, 5.74) is 0.196. The van der Waals surface area contributed by atoms with E-state index in [1.807, 2.05) is 0 Å². The first kappa shape index (κ1) is 15.3. The Bertz CT molecular complexity index is 561. The molecular weight excluding hydrogens is 346 g/mol. The van der Waals surface area contributed by atoms with Crippen molar-refractivity contribution in [2.45, 2.75) is 12.2 Å². The van der Waals surface area contributed by atoms with E-state index >= 15 is 0 Å². The van der Waals surface area contributed by atoms with Crippen LogP contribution in [0.2, 0.25) is 5.02 Å². The van der Waals surface area contributed by atoms with Gasteiger partial charge in [-0.05, 0) is 25.1 Å². The number of hydrogen-bond donors (Lipinski definition) is 1. The monoisotopic (exact) mass is 355 g/mol. The van der Waals surface area contributed by atoms with Crippen molar-refractivity contribution in [2.24, 2.45) is 0 Å². The van der Waals surface area contributed by atoms with Gasteiger partial charge in [0.1, 0.15) is 0 Å². The molecule has 1 rings (SSSR count). The fraction of sp³-hybridized carbons (Fsp3) is 0.300. The lowest BCUT2D eigenvalue weighted by molar-refractivity contribution is -0.139. The highest BCUT2D eigenvalue weighted by Crippen LogP contribution is 2.27. The van der Waals surface area contributed by atoms with Crippen molar-refractivity contribution in [1.82, 2.24) is 0 Å². The average molecular weight is 357 g/mol. The highest BCUT2D eigenvalue weighted by molar-refractivity contribution is 9.10. The first-order valence-electron chi connectivity index (χ1n) is 4.82. The van der Waals surface area contributed by atoms with Gasteiger partial charge in [-0.2, -0.15) is 0 Å². The molecule has 1 atom stereocenters. The molecule has 1 N–H and O–H groups in total. The highest BCUT2D eigenvalue weighted by Gasteiger charge is 2.29. The summed E-state index contributed by atoms with van der Waals surface area (Å²) in [6.07, 6.45) is 0. The molecule has 0 amide bonds. The third kappa shape index (κ3) is 3.60. The minimum absolute atomic E-state index is 0.196. The van der Waals surface area contributed by atoms with E-state index in [1.54, 1.807) is 6.07 Å². The van der Waals surface area contributed by atoms with E-state index in [4.69, 9.17) is 11.6 Å². The molecule has 1 aromatic carbocycles. The third-order valence-electron chi connectivity index (χ3n) is 2.18. The Morgan fingerprint density at radius 2 is 2.11 bits per heavy atom. The van der Waals surface area contributed by atoms with E-state index in [0.29, 0.717) is 4.47 Å². The van der Waals surface area contributed by atoms with E-state index in [2.05, 4.69) is 25.4 Å². The number of nitrogens with one attached hydrogen (secondary N) is 1. The predicted molar refractivity (Wildman–Crippen MR) is 73.2 cm³/mol. The zero-order valence-electron chi connectivity index (χ0n) is 9.61. The first-order valence-corrected chi connectivity index (χ1v) is 7.54. The summed E-state index contributed by atoms with van der Waals surface area (Å²) in [5, 5.41) is -1.09. The quantitative estimate of drug-likeness (QED) is 0.841. The molecule has 0 saturated heterocycles. The molecule has 1 aromatic rings. The molecule has 0 radical (unpaired) electrons. The van der Waals surface area contributed by atoms with Crippen LogP contribution in [0.4, 0.5) is 5.69 Å². The van der Waals surface area contributed by atoms with Gasteiger partial charge in [0.05, 0.1) is 17.8 Å². The Labute approximate surface area is 119 Å². The molecule has 0 saturated carbocycles. The minimum atomic E-state index is -3.89. The number of hydrogen-bond acceptors (Lipinski definition) is 4. The van der Waals surface area contributed by atoms with Crippen LogP contribution in [0.3, 0.4) is 0 Å². The van der Waals surface area contributed by atoms with Gasteiger partial charge in [0.2, 0.25) is 10.0 Å². The Hall–Kier alpha value is -0.790. The van der Waals surface area contributed by atoms with Crippen molar-refractivity contribution in [3.63, 3.8) is 0 Å². The molecule has 0 aliphatic carbocycles. The zero-order chi connectivity index (χ0) is 13.9. The average Bonchev–Trinajstić information content (AvgIpc) is 2.31. The molecule has 0 aliphatic rings. The van der Waals surface area contributed by atoms with E-state index in [0.717, 1.165) is 7.11 Å². The number of esters is 1. The topological polar surface area (TPSA) is 72.5 Å². The van der Waals surface area contributed by atoms with E-state index in [9.17, 15) is 13.2 Å². The smallest absolute Gasteiger partial charge is 0.325 e. The van der Waals surface area contributed by atoms with Gasteiger partial charge >= 0.3 is 5.97 Å². The van der Waals surface area contributed by atoms with Crippen molar-refractivity contribution >= 4 is 49.2 Å². The fourth-order valence-electron chi connectivity index (χ4n) is 1.11. The van der Waals surface area contributed by atoms with Crippen LogP contribution in [-0.4, -0.2) is 26.7 Å². The molecule has 0 aliphatic heterocycles. The van der Waals surface area contributed by atoms with Crippen LogP contribution in [0.1, 0.15) is 6.92 Å². The van der Waals surface area contributed by atoms with E-state index in [-0.39, 0.29) is 10.7 Å². The number of carbonyl (C=O) groups excluding carboxylic acids is 1. The largest absolute Gasteiger partial charge is 0.468 e. The maximum atomic E-state index is 11.9. The second kappa shape index (κ2) is 5.90. The lowest BCUT2D eigenvalue weighted by Crippen LogP contribution is -2.33. The van der Waals surface area contributed by atoms with Gasteiger partial charge in [0, 0.05) is 4.47 Å². The third-order valence-corrected chi connectivity index (χ3v) is 4.63. The molecular formula is C10H11BrClNO4S. The molecule has 1 unspecified atom stereocenters. The molecule has 0 bridgehead atoms. The Balaban J connectivity index is 3.02. The van der Waals surface area contributed by atoms with Crippen LogP contribution in [0.25, 0.3) is 0 Å². The van der Waals surface area contributed by atoms with Crippen molar-refractivity contribution < 1.29 is 17.9 Å². The van der Waals surface area contributed by atoms with Gasteiger partial charge in [0.15, 0.2) is 5.25 Å². The lowest BCUT2D eigenvalue weighted by Gasteiger charge is -2.14. The first-order chi connectivity index (χ1) is 8.27. The molecule has 5 nitrogen and oxygen atoms in total. The molecule has 100 valence electrons. The second-order valence-corrected chi connectivity index (χ2v) is 6.76. The van der Waals surface area contributed by atoms with E-state index < -0.39 is 21.2 Å². The van der Waals surface area contributed by atoms with Crippen LogP contribution in [0.15, 0.2) is 22.7 Å². The molecule has 0 spiro atoms. The van der Waals surface area contributed by atoms with Crippen LogP contribution < -0.4 is 4.72 Å². The summed E-state index contributed by atoms with van der Waals surface area (Å²) < 4.78 is 31.1. The summed E-state index contributed by atoms with van der Waals surface area (Å²) in [6.45, 7) is 1.24. The molecule has 0 aromatic heterocycles. The zero-order valence-corrected chi connectivity index (χ0v) is 12.8. The number of methoxy groups -OCH3 is 1. The molecule has 0 fully saturated rings. The molecule has 18 heavy (non-hydrogen) atoms. The number of halogens is 2. The Morgan fingerprint density at radius 3 is 2.67 bits per heavy atom. The fourth-order valence-corrected chi connectivity index (χ4v) is 2.69. The van der Waals surface area contributed by atoms with Crippen molar-refractivity contribution in [2.75, 3.05) is 11.8 Å². The lowest BCUT2D eigenvalue weighted by atomic mass is 10.3. The van der Waals surface area contributed by atoms with Gasteiger partial charge in [-0.3, -0.25) is 9.52 Å². The van der Waals surface area contributed by atoms with Crippen molar-refractivity contribution in [3.05, 3.63) is 27.7 Å². The van der Waals surface area contributed by atoms with E-state index in [1.165, 1.54) is 19.1 Å².